The van der Waals surface area contributed by atoms with Gasteiger partial charge in [-0.3, -0.25) is 0 Å². The van der Waals surface area contributed by atoms with Crippen molar-refractivity contribution in [2.24, 2.45) is 0 Å². The number of aromatic nitrogens is 2. The molecule has 0 bridgehead atoms. The van der Waals surface area contributed by atoms with Gasteiger partial charge < -0.3 is 4.98 Å². The van der Waals surface area contributed by atoms with E-state index < -0.39 is 0 Å². The first-order valence-electron chi connectivity index (χ1n) is 6.01. The smallest absolute Gasteiger partial charge is 0.0921 e. The number of hydrogen-bond acceptors (Lipinski definition) is 1. The highest BCUT2D eigenvalue weighted by molar-refractivity contribution is 5.40. The molecule has 0 radical (unpaired) electrons. The van der Waals surface area contributed by atoms with Gasteiger partial charge in [0.15, 0.2) is 0 Å². The van der Waals surface area contributed by atoms with Gasteiger partial charge in [-0.15, -0.1) is 6.58 Å². The summed E-state index contributed by atoms with van der Waals surface area (Å²) >= 11 is 0. The average Bonchev–Trinajstić information content (AvgIpc) is 2.96. The average molecular weight is 224 g/mol. The van der Waals surface area contributed by atoms with E-state index in [1.165, 1.54) is 16.8 Å². The number of rotatable bonds is 3. The van der Waals surface area contributed by atoms with Crippen LogP contribution in [-0.2, 0) is 18.3 Å². The third kappa shape index (κ3) is 1.60. The summed E-state index contributed by atoms with van der Waals surface area (Å²) in [7, 11) is 0. The van der Waals surface area contributed by atoms with Gasteiger partial charge in [-0.2, -0.15) is 0 Å². The first kappa shape index (κ1) is 10.3. The molecular weight excluding hydrogens is 208 g/mol. The first-order chi connectivity index (χ1) is 8.34. The van der Waals surface area contributed by atoms with E-state index in [0.717, 1.165) is 19.3 Å². The minimum absolute atomic E-state index is 0.141. The standard InChI is InChI=1S/C15H16N2/c1-2-7-15(14-10-16-11-17-14)8-12-5-3-4-6-13(12)9-15/h2-6,10-11H,1,7-9H2,(H,16,17). The molecule has 86 valence electrons. The van der Waals surface area contributed by atoms with Crippen LogP contribution < -0.4 is 0 Å². The Kier molecular flexibility index (Phi) is 2.36. The van der Waals surface area contributed by atoms with Crippen molar-refractivity contribution in [3.05, 3.63) is 66.3 Å². The van der Waals surface area contributed by atoms with E-state index >= 15 is 0 Å². The maximum absolute atomic E-state index is 4.17. The Bertz CT molecular complexity index is 501. The largest absolute Gasteiger partial charge is 0.348 e. The van der Waals surface area contributed by atoms with Crippen molar-refractivity contribution in [1.82, 2.24) is 9.97 Å². The molecule has 1 aliphatic rings. The van der Waals surface area contributed by atoms with Gasteiger partial charge in [-0.1, -0.05) is 30.3 Å². The fourth-order valence-corrected chi connectivity index (χ4v) is 2.96. The number of imidazole rings is 1. The van der Waals surface area contributed by atoms with Crippen LogP contribution >= 0.6 is 0 Å². The number of hydrogen-bond donors (Lipinski definition) is 1. The monoisotopic (exact) mass is 224 g/mol. The Balaban J connectivity index is 2.03. The van der Waals surface area contributed by atoms with E-state index in [0.29, 0.717) is 0 Å². The minimum atomic E-state index is 0.141. The second-order valence-electron chi connectivity index (χ2n) is 4.86. The summed E-state index contributed by atoms with van der Waals surface area (Å²) in [6.45, 7) is 3.91. The van der Waals surface area contributed by atoms with Crippen LogP contribution in [0.25, 0.3) is 0 Å². The summed E-state index contributed by atoms with van der Waals surface area (Å²) in [6.07, 6.45) is 8.89. The molecular formula is C15H16N2. The fraction of sp³-hybridized carbons (Fsp3) is 0.267. The molecule has 0 saturated heterocycles. The third-order valence-electron chi connectivity index (χ3n) is 3.78. The molecule has 1 heterocycles. The van der Waals surface area contributed by atoms with Gasteiger partial charge in [0.25, 0.3) is 0 Å². The van der Waals surface area contributed by atoms with Crippen molar-refractivity contribution in [1.29, 1.82) is 0 Å². The lowest BCUT2D eigenvalue weighted by atomic mass is 9.78. The SMILES string of the molecule is C=CCC1(c2cnc[nH]2)Cc2ccccc2C1. The highest BCUT2D eigenvalue weighted by Crippen LogP contribution is 2.41. The van der Waals surface area contributed by atoms with E-state index in [4.69, 9.17) is 0 Å². The van der Waals surface area contributed by atoms with Crippen molar-refractivity contribution in [3.8, 4) is 0 Å². The first-order valence-corrected chi connectivity index (χ1v) is 6.01. The number of allylic oxidation sites excluding steroid dienone is 1. The molecule has 3 rings (SSSR count). The van der Waals surface area contributed by atoms with Crippen LogP contribution in [0.4, 0.5) is 0 Å². The topological polar surface area (TPSA) is 28.7 Å². The predicted octanol–water partition coefficient (Wildman–Crippen LogP) is 3.02. The molecule has 0 amide bonds. The molecule has 1 aliphatic carbocycles. The Hall–Kier alpha value is -1.83. The van der Waals surface area contributed by atoms with E-state index in [2.05, 4.69) is 40.8 Å². The molecule has 1 N–H and O–H groups in total. The molecule has 1 aromatic carbocycles. The molecule has 0 saturated carbocycles. The molecule has 2 nitrogen and oxygen atoms in total. The molecule has 0 spiro atoms. The second-order valence-corrected chi connectivity index (χ2v) is 4.86. The quantitative estimate of drug-likeness (QED) is 0.798. The van der Waals surface area contributed by atoms with Crippen LogP contribution in [0.5, 0.6) is 0 Å². The molecule has 2 aromatic rings. The summed E-state index contributed by atoms with van der Waals surface area (Å²) < 4.78 is 0. The Labute approximate surface area is 101 Å². The minimum Gasteiger partial charge on any atom is -0.348 e. The van der Waals surface area contributed by atoms with Gasteiger partial charge in [-0.05, 0) is 30.4 Å². The molecule has 17 heavy (non-hydrogen) atoms. The predicted molar refractivity (Wildman–Crippen MR) is 68.9 cm³/mol. The van der Waals surface area contributed by atoms with Gasteiger partial charge in [0.2, 0.25) is 0 Å². The van der Waals surface area contributed by atoms with Gasteiger partial charge in [0.1, 0.15) is 0 Å². The molecule has 0 atom stereocenters. The van der Waals surface area contributed by atoms with Crippen LogP contribution in [0, 0.1) is 0 Å². The van der Waals surface area contributed by atoms with E-state index in [1.807, 2.05) is 12.3 Å². The maximum Gasteiger partial charge on any atom is 0.0921 e. The van der Waals surface area contributed by atoms with Gasteiger partial charge in [0.05, 0.1) is 6.33 Å². The van der Waals surface area contributed by atoms with Crippen LogP contribution in [0.2, 0.25) is 0 Å². The second kappa shape index (κ2) is 3.88. The highest BCUT2D eigenvalue weighted by Gasteiger charge is 2.38. The molecule has 1 aromatic heterocycles. The zero-order valence-electron chi connectivity index (χ0n) is 9.82. The third-order valence-corrected chi connectivity index (χ3v) is 3.78. The van der Waals surface area contributed by atoms with Crippen molar-refractivity contribution >= 4 is 0 Å². The van der Waals surface area contributed by atoms with Crippen LogP contribution in [-0.4, -0.2) is 9.97 Å². The van der Waals surface area contributed by atoms with E-state index in [9.17, 15) is 0 Å². The zero-order chi connectivity index (χ0) is 11.7. The highest BCUT2D eigenvalue weighted by atomic mass is 14.9. The molecule has 2 heteroatoms. The van der Waals surface area contributed by atoms with Crippen molar-refractivity contribution in [2.45, 2.75) is 24.7 Å². The van der Waals surface area contributed by atoms with Crippen molar-refractivity contribution in [2.75, 3.05) is 0 Å². The summed E-state index contributed by atoms with van der Waals surface area (Å²) in [5.74, 6) is 0. The van der Waals surface area contributed by atoms with E-state index in [1.54, 1.807) is 6.33 Å². The maximum atomic E-state index is 4.17. The van der Waals surface area contributed by atoms with Crippen LogP contribution in [0.3, 0.4) is 0 Å². The number of H-pyrrole nitrogens is 1. The lowest BCUT2D eigenvalue weighted by Gasteiger charge is -2.26. The number of aromatic amines is 1. The Morgan fingerprint density at radius 1 is 1.29 bits per heavy atom. The van der Waals surface area contributed by atoms with Gasteiger partial charge in [-0.25, -0.2) is 4.98 Å². The molecule has 0 unspecified atom stereocenters. The zero-order valence-corrected chi connectivity index (χ0v) is 9.82. The number of nitrogens with one attached hydrogen (secondary N) is 1. The van der Waals surface area contributed by atoms with E-state index in [-0.39, 0.29) is 5.41 Å². The Morgan fingerprint density at radius 3 is 2.53 bits per heavy atom. The van der Waals surface area contributed by atoms with Crippen LogP contribution in [0.1, 0.15) is 23.2 Å². The van der Waals surface area contributed by atoms with Gasteiger partial charge >= 0.3 is 0 Å². The summed E-state index contributed by atoms with van der Waals surface area (Å²) in [5, 5.41) is 0. The number of fused-ring (bicyclic) bond motifs is 1. The molecule has 0 fully saturated rings. The van der Waals surface area contributed by atoms with Gasteiger partial charge in [0, 0.05) is 17.3 Å². The lowest BCUT2D eigenvalue weighted by molar-refractivity contribution is 0.445. The van der Waals surface area contributed by atoms with Crippen molar-refractivity contribution in [3.63, 3.8) is 0 Å². The normalized spacial score (nSPS) is 16.7. The van der Waals surface area contributed by atoms with Crippen molar-refractivity contribution < 1.29 is 0 Å². The number of benzene rings is 1. The summed E-state index contributed by atoms with van der Waals surface area (Å²) in [5.41, 5.74) is 4.29. The molecule has 0 aliphatic heterocycles. The number of nitrogens with zero attached hydrogens (tertiary/aromatic N) is 1. The fourth-order valence-electron chi connectivity index (χ4n) is 2.96. The lowest BCUT2D eigenvalue weighted by Crippen LogP contribution is -2.26. The summed E-state index contributed by atoms with van der Waals surface area (Å²) in [4.78, 5) is 7.45. The summed E-state index contributed by atoms with van der Waals surface area (Å²) in [6, 6.07) is 8.71. The van der Waals surface area contributed by atoms with Crippen LogP contribution in [0.15, 0.2) is 49.4 Å². The Morgan fingerprint density at radius 2 is 2.00 bits per heavy atom.